The molecule has 0 heterocycles. The summed E-state index contributed by atoms with van der Waals surface area (Å²) in [5.74, 6) is -0.0466. The van der Waals surface area contributed by atoms with E-state index in [-0.39, 0.29) is 19.1 Å². The maximum Gasteiger partial charge on any atom is 0.331 e. The van der Waals surface area contributed by atoms with Crippen molar-refractivity contribution in [1.29, 1.82) is 5.26 Å². The van der Waals surface area contributed by atoms with Crippen LogP contribution in [0.2, 0.25) is 0 Å². The molecular formula is C24H26N2O5. The number of hydrogen-bond donors (Lipinski definition) is 0. The summed E-state index contributed by atoms with van der Waals surface area (Å²) in [4.78, 5) is 25.8. The molecule has 0 bridgehead atoms. The quantitative estimate of drug-likeness (QED) is 0.454. The largest absolute Gasteiger partial charge is 0.493 e. The van der Waals surface area contributed by atoms with Crippen molar-refractivity contribution in [2.24, 2.45) is 0 Å². The molecule has 1 amide bonds. The van der Waals surface area contributed by atoms with Gasteiger partial charge in [0, 0.05) is 19.7 Å². The van der Waals surface area contributed by atoms with Crippen LogP contribution in [0.25, 0.3) is 6.08 Å². The second kappa shape index (κ2) is 11.4. The number of nitriles is 1. The zero-order valence-electron chi connectivity index (χ0n) is 18.2. The normalized spacial score (nSPS) is 10.4. The van der Waals surface area contributed by atoms with Crippen LogP contribution in [0.15, 0.2) is 42.5 Å². The molecule has 0 saturated carbocycles. The second-order valence-corrected chi connectivity index (χ2v) is 6.98. The van der Waals surface area contributed by atoms with Gasteiger partial charge in [-0.25, -0.2) is 4.79 Å². The molecule has 0 unspecified atom stereocenters. The third-order valence-corrected chi connectivity index (χ3v) is 4.56. The van der Waals surface area contributed by atoms with Crippen LogP contribution in [0.3, 0.4) is 0 Å². The number of carbonyl (C=O) groups excluding carboxylic acids is 2. The van der Waals surface area contributed by atoms with E-state index in [1.54, 1.807) is 31.3 Å². The van der Waals surface area contributed by atoms with Crippen LogP contribution >= 0.6 is 0 Å². The van der Waals surface area contributed by atoms with Crippen molar-refractivity contribution in [2.45, 2.75) is 20.4 Å². The Morgan fingerprint density at radius 3 is 2.58 bits per heavy atom. The number of esters is 1. The lowest BCUT2D eigenvalue weighted by Gasteiger charge is -2.18. The molecule has 2 aromatic carbocycles. The number of hydrogen-bond acceptors (Lipinski definition) is 6. The van der Waals surface area contributed by atoms with E-state index < -0.39 is 5.97 Å². The standard InChI is InChI=1S/C24H26N2O5/c1-17-5-8-20(18(2)13-17)15-26(3)23(27)16-31-24(28)10-7-19-6-9-21(30-12-11-25)22(14-19)29-4/h5-10,13-14H,12,15-16H2,1-4H3/b10-7+. The second-order valence-electron chi connectivity index (χ2n) is 6.98. The minimum Gasteiger partial charge on any atom is -0.493 e. The molecule has 0 aliphatic carbocycles. The molecule has 31 heavy (non-hydrogen) atoms. The van der Waals surface area contributed by atoms with Gasteiger partial charge in [-0.3, -0.25) is 4.79 Å². The van der Waals surface area contributed by atoms with Gasteiger partial charge in [-0.05, 0) is 48.7 Å². The minimum atomic E-state index is -0.628. The van der Waals surface area contributed by atoms with Crippen LogP contribution in [0.1, 0.15) is 22.3 Å². The van der Waals surface area contributed by atoms with Crippen molar-refractivity contribution in [3.05, 3.63) is 64.7 Å². The Kier molecular flexibility index (Phi) is 8.64. The number of methoxy groups -OCH3 is 1. The van der Waals surface area contributed by atoms with E-state index in [1.807, 2.05) is 32.0 Å². The van der Waals surface area contributed by atoms with Gasteiger partial charge in [0.05, 0.1) is 7.11 Å². The van der Waals surface area contributed by atoms with Crippen LogP contribution in [0, 0.1) is 25.2 Å². The summed E-state index contributed by atoms with van der Waals surface area (Å²) in [6, 6.07) is 13.0. The van der Waals surface area contributed by atoms with Crippen molar-refractivity contribution < 1.29 is 23.8 Å². The Morgan fingerprint density at radius 1 is 1.13 bits per heavy atom. The number of ether oxygens (including phenoxy) is 3. The maximum atomic E-state index is 12.3. The maximum absolute atomic E-state index is 12.3. The van der Waals surface area contributed by atoms with Crippen LogP contribution in [0.5, 0.6) is 11.5 Å². The van der Waals surface area contributed by atoms with Crippen molar-refractivity contribution in [1.82, 2.24) is 4.90 Å². The molecule has 0 aliphatic heterocycles. The fourth-order valence-corrected chi connectivity index (χ4v) is 2.84. The highest BCUT2D eigenvalue weighted by Crippen LogP contribution is 2.28. The first-order valence-electron chi connectivity index (χ1n) is 9.66. The Hall–Kier alpha value is -3.79. The first kappa shape index (κ1) is 23.5. The first-order valence-corrected chi connectivity index (χ1v) is 9.66. The highest BCUT2D eigenvalue weighted by Gasteiger charge is 2.13. The summed E-state index contributed by atoms with van der Waals surface area (Å²) >= 11 is 0. The number of rotatable bonds is 9. The number of benzene rings is 2. The molecule has 162 valence electrons. The summed E-state index contributed by atoms with van der Waals surface area (Å²) in [7, 11) is 3.16. The summed E-state index contributed by atoms with van der Waals surface area (Å²) in [6.07, 6.45) is 2.78. The van der Waals surface area contributed by atoms with Crippen LogP contribution in [-0.4, -0.2) is 44.1 Å². The molecule has 0 N–H and O–H groups in total. The van der Waals surface area contributed by atoms with E-state index in [9.17, 15) is 9.59 Å². The van der Waals surface area contributed by atoms with Crippen molar-refractivity contribution in [2.75, 3.05) is 27.4 Å². The average Bonchev–Trinajstić information content (AvgIpc) is 2.76. The molecule has 0 saturated heterocycles. The third kappa shape index (κ3) is 7.19. The smallest absolute Gasteiger partial charge is 0.331 e. The lowest BCUT2D eigenvalue weighted by atomic mass is 10.1. The van der Waals surface area contributed by atoms with Gasteiger partial charge in [0.25, 0.3) is 5.91 Å². The number of likely N-dealkylation sites (N-methyl/N-ethyl adjacent to an activating group) is 1. The number of carbonyl (C=O) groups is 2. The first-order chi connectivity index (χ1) is 14.8. The minimum absolute atomic E-state index is 0.0934. The Bertz CT molecular complexity index is 1010. The topological polar surface area (TPSA) is 88.9 Å². The van der Waals surface area contributed by atoms with E-state index in [1.165, 1.54) is 18.1 Å². The van der Waals surface area contributed by atoms with Crippen LogP contribution in [-0.2, 0) is 20.9 Å². The van der Waals surface area contributed by atoms with Gasteiger partial charge in [-0.1, -0.05) is 29.8 Å². The van der Waals surface area contributed by atoms with Gasteiger partial charge >= 0.3 is 5.97 Å². The van der Waals surface area contributed by atoms with Crippen molar-refractivity contribution >= 4 is 18.0 Å². The molecule has 0 atom stereocenters. The van der Waals surface area contributed by atoms with Gasteiger partial charge in [0.15, 0.2) is 24.7 Å². The van der Waals surface area contributed by atoms with Crippen molar-refractivity contribution in [3.63, 3.8) is 0 Å². The number of amides is 1. The fraction of sp³-hybridized carbons (Fsp3) is 0.292. The van der Waals surface area contributed by atoms with Gasteiger partial charge in [-0.2, -0.15) is 5.26 Å². The molecule has 2 aromatic rings. The zero-order valence-corrected chi connectivity index (χ0v) is 18.2. The van der Waals surface area contributed by atoms with E-state index >= 15 is 0 Å². The molecule has 0 aliphatic rings. The molecule has 7 nitrogen and oxygen atoms in total. The van der Waals surface area contributed by atoms with E-state index in [0.29, 0.717) is 23.6 Å². The van der Waals surface area contributed by atoms with Gasteiger partial charge < -0.3 is 19.1 Å². The van der Waals surface area contributed by atoms with Gasteiger partial charge in [0.1, 0.15) is 6.07 Å². The SMILES string of the molecule is COc1cc(/C=C/C(=O)OCC(=O)N(C)Cc2ccc(C)cc2C)ccc1OCC#N. The third-order valence-electron chi connectivity index (χ3n) is 4.56. The molecule has 0 fully saturated rings. The van der Waals surface area contributed by atoms with Crippen molar-refractivity contribution in [3.8, 4) is 17.6 Å². The summed E-state index contributed by atoms with van der Waals surface area (Å²) in [5.41, 5.74) is 4.00. The predicted octanol–water partition coefficient (Wildman–Crippen LogP) is 3.43. The van der Waals surface area contributed by atoms with E-state index in [4.69, 9.17) is 19.5 Å². The Labute approximate surface area is 182 Å². The highest BCUT2D eigenvalue weighted by atomic mass is 16.5. The Balaban J connectivity index is 1.88. The van der Waals surface area contributed by atoms with Gasteiger partial charge in [-0.15, -0.1) is 0 Å². The molecule has 2 rings (SSSR count). The fourth-order valence-electron chi connectivity index (χ4n) is 2.84. The van der Waals surface area contributed by atoms with Crippen LogP contribution < -0.4 is 9.47 Å². The van der Waals surface area contributed by atoms with E-state index in [2.05, 4.69) is 6.07 Å². The lowest BCUT2D eigenvalue weighted by Crippen LogP contribution is -2.30. The van der Waals surface area contributed by atoms with Gasteiger partial charge in [0.2, 0.25) is 0 Å². The zero-order chi connectivity index (χ0) is 22.8. The number of aryl methyl sites for hydroxylation is 2. The Morgan fingerprint density at radius 2 is 1.90 bits per heavy atom. The lowest BCUT2D eigenvalue weighted by molar-refractivity contribution is -0.147. The molecule has 7 heteroatoms. The predicted molar refractivity (Wildman–Crippen MR) is 116 cm³/mol. The molecular weight excluding hydrogens is 396 g/mol. The average molecular weight is 422 g/mol. The molecule has 0 spiro atoms. The molecule has 0 aromatic heterocycles. The number of nitrogens with zero attached hydrogens (tertiary/aromatic N) is 2. The highest BCUT2D eigenvalue weighted by molar-refractivity contribution is 5.89. The van der Waals surface area contributed by atoms with Crippen LogP contribution in [0.4, 0.5) is 0 Å². The summed E-state index contributed by atoms with van der Waals surface area (Å²) in [6.45, 7) is 4.03. The van der Waals surface area contributed by atoms with E-state index in [0.717, 1.165) is 16.7 Å². The molecule has 0 radical (unpaired) electrons. The summed E-state index contributed by atoms with van der Waals surface area (Å²) in [5, 5.41) is 8.61. The summed E-state index contributed by atoms with van der Waals surface area (Å²) < 4.78 is 15.5. The monoisotopic (exact) mass is 422 g/mol.